The van der Waals surface area contributed by atoms with Gasteiger partial charge in [-0.25, -0.2) is 0 Å². The van der Waals surface area contributed by atoms with Gasteiger partial charge in [-0.2, -0.15) is 13.2 Å². The summed E-state index contributed by atoms with van der Waals surface area (Å²) in [4.78, 5) is 1.49. The zero-order valence-corrected chi connectivity index (χ0v) is 13.4. The summed E-state index contributed by atoms with van der Waals surface area (Å²) in [6.07, 6.45) is -3.74. The molecule has 5 heteroatoms. The van der Waals surface area contributed by atoms with E-state index in [0.29, 0.717) is 24.2 Å². The molecule has 0 bridgehead atoms. The van der Waals surface area contributed by atoms with Crippen molar-refractivity contribution in [1.82, 2.24) is 0 Å². The molecular weight excluding hydrogens is 355 g/mol. The summed E-state index contributed by atoms with van der Waals surface area (Å²) in [7, 11) is 0. The average Bonchev–Trinajstić information content (AvgIpc) is 2.94. The summed E-state index contributed by atoms with van der Waals surface area (Å²) in [5, 5.41) is 0. The van der Waals surface area contributed by atoms with Gasteiger partial charge >= 0.3 is 6.18 Å². The number of alkyl halides is 3. The minimum atomic E-state index is -4.34. The maximum Gasteiger partial charge on any atom is 0.415 e. The van der Waals surface area contributed by atoms with E-state index < -0.39 is 11.7 Å². The lowest BCUT2D eigenvalue weighted by Gasteiger charge is -2.42. The SMILES string of the molecule is FC(F)(F)C1(c2ccccc2)CCCN1c1ccc(Br)cc1. The number of halogens is 4. The Labute approximate surface area is 135 Å². The van der Waals surface area contributed by atoms with Gasteiger partial charge in [0.1, 0.15) is 0 Å². The number of benzene rings is 2. The quantitative estimate of drug-likeness (QED) is 0.674. The third kappa shape index (κ3) is 2.41. The van der Waals surface area contributed by atoms with Crippen LogP contribution in [-0.4, -0.2) is 12.7 Å². The van der Waals surface area contributed by atoms with E-state index in [1.54, 1.807) is 54.6 Å². The Bertz CT molecular complexity index is 639. The summed E-state index contributed by atoms with van der Waals surface area (Å²) in [5.74, 6) is 0. The second kappa shape index (κ2) is 5.61. The molecular formula is C17H15BrF3N. The topological polar surface area (TPSA) is 3.24 Å². The van der Waals surface area contributed by atoms with Crippen LogP contribution >= 0.6 is 15.9 Å². The first-order valence-corrected chi connectivity index (χ1v) is 7.90. The minimum absolute atomic E-state index is 0.0799. The molecule has 1 saturated heterocycles. The van der Waals surface area contributed by atoms with Gasteiger partial charge in [0, 0.05) is 16.7 Å². The van der Waals surface area contributed by atoms with Gasteiger partial charge in [-0.1, -0.05) is 46.3 Å². The molecule has 0 aliphatic carbocycles. The van der Waals surface area contributed by atoms with E-state index in [2.05, 4.69) is 15.9 Å². The monoisotopic (exact) mass is 369 g/mol. The molecule has 0 amide bonds. The second-order valence-corrected chi connectivity index (χ2v) is 6.37. The maximum absolute atomic E-state index is 14.1. The van der Waals surface area contributed by atoms with Crippen LogP contribution < -0.4 is 4.90 Å². The molecule has 1 atom stereocenters. The molecule has 0 spiro atoms. The van der Waals surface area contributed by atoms with E-state index >= 15 is 0 Å². The standard InChI is InChI=1S/C17H15BrF3N/c18-14-7-9-15(10-8-14)22-12-4-11-16(22,17(19,20)21)13-5-2-1-3-6-13/h1-3,5-10H,4,11-12H2. The van der Waals surface area contributed by atoms with Gasteiger partial charge in [-0.05, 0) is 42.7 Å². The maximum atomic E-state index is 14.1. The molecule has 0 aromatic heterocycles. The number of anilines is 1. The molecule has 1 nitrogen and oxygen atoms in total. The van der Waals surface area contributed by atoms with Crippen LogP contribution in [-0.2, 0) is 5.54 Å². The highest BCUT2D eigenvalue weighted by molar-refractivity contribution is 9.10. The highest BCUT2D eigenvalue weighted by Gasteiger charge is 2.61. The number of nitrogens with zero attached hydrogens (tertiary/aromatic N) is 1. The molecule has 1 aliphatic rings. The van der Waals surface area contributed by atoms with E-state index in [1.165, 1.54) is 4.90 Å². The Morgan fingerprint density at radius 2 is 1.59 bits per heavy atom. The summed E-state index contributed by atoms with van der Waals surface area (Å²) in [6, 6.07) is 15.3. The Balaban J connectivity index is 2.14. The molecule has 1 aliphatic heterocycles. The average molecular weight is 370 g/mol. The summed E-state index contributed by atoms with van der Waals surface area (Å²) in [6.45, 7) is 0.399. The normalized spacial score (nSPS) is 22.1. The van der Waals surface area contributed by atoms with Crippen molar-refractivity contribution in [1.29, 1.82) is 0 Å². The Hall–Kier alpha value is -1.49. The van der Waals surface area contributed by atoms with Crippen molar-refractivity contribution < 1.29 is 13.2 Å². The van der Waals surface area contributed by atoms with Crippen molar-refractivity contribution >= 4 is 21.6 Å². The van der Waals surface area contributed by atoms with Crippen molar-refractivity contribution in [3.8, 4) is 0 Å². The smallest absolute Gasteiger partial charge is 0.354 e. The highest BCUT2D eigenvalue weighted by Crippen LogP contribution is 2.52. The summed E-state index contributed by atoms with van der Waals surface area (Å²) in [5.41, 5.74) is -1.04. The van der Waals surface area contributed by atoms with Gasteiger partial charge in [0.05, 0.1) is 0 Å². The predicted molar refractivity (Wildman–Crippen MR) is 84.9 cm³/mol. The van der Waals surface area contributed by atoms with Crippen LogP contribution in [0.1, 0.15) is 18.4 Å². The molecule has 22 heavy (non-hydrogen) atoms. The molecule has 116 valence electrons. The number of hydrogen-bond acceptors (Lipinski definition) is 1. The van der Waals surface area contributed by atoms with Crippen molar-refractivity contribution in [2.45, 2.75) is 24.6 Å². The molecule has 2 aromatic carbocycles. The van der Waals surface area contributed by atoms with E-state index in [4.69, 9.17) is 0 Å². The third-order valence-corrected chi connectivity index (χ3v) is 4.77. The van der Waals surface area contributed by atoms with Crippen LogP contribution in [0.25, 0.3) is 0 Å². The van der Waals surface area contributed by atoms with E-state index in [1.807, 2.05) is 0 Å². The fourth-order valence-corrected chi connectivity index (χ4v) is 3.53. The Kier molecular flexibility index (Phi) is 3.93. The van der Waals surface area contributed by atoms with Crippen LogP contribution in [0, 0.1) is 0 Å². The fraction of sp³-hybridized carbons (Fsp3) is 0.294. The molecule has 2 aromatic rings. The predicted octanol–water partition coefficient (Wildman–Crippen LogP) is 5.51. The van der Waals surface area contributed by atoms with Crippen LogP contribution in [0.5, 0.6) is 0 Å². The molecule has 0 N–H and O–H groups in total. The van der Waals surface area contributed by atoms with Crippen LogP contribution in [0.4, 0.5) is 18.9 Å². The highest BCUT2D eigenvalue weighted by atomic mass is 79.9. The number of rotatable bonds is 2. The van der Waals surface area contributed by atoms with Crippen molar-refractivity contribution in [2.24, 2.45) is 0 Å². The zero-order chi connectivity index (χ0) is 15.8. The minimum Gasteiger partial charge on any atom is -0.354 e. The van der Waals surface area contributed by atoms with Gasteiger partial charge < -0.3 is 4.90 Å². The fourth-order valence-electron chi connectivity index (χ4n) is 3.26. The van der Waals surface area contributed by atoms with Crippen LogP contribution in [0.3, 0.4) is 0 Å². The summed E-state index contributed by atoms with van der Waals surface area (Å²) >= 11 is 3.33. The molecule has 1 fully saturated rings. The first kappa shape index (κ1) is 15.4. The lowest BCUT2D eigenvalue weighted by Crippen LogP contribution is -2.52. The zero-order valence-electron chi connectivity index (χ0n) is 11.8. The Morgan fingerprint density at radius 1 is 0.955 bits per heavy atom. The van der Waals surface area contributed by atoms with Crippen molar-refractivity contribution in [2.75, 3.05) is 11.4 Å². The van der Waals surface area contributed by atoms with Gasteiger partial charge in [-0.15, -0.1) is 0 Å². The lowest BCUT2D eigenvalue weighted by molar-refractivity contribution is -0.187. The number of hydrogen-bond donors (Lipinski definition) is 0. The van der Waals surface area contributed by atoms with Gasteiger partial charge in [-0.3, -0.25) is 0 Å². The molecule has 1 heterocycles. The largest absolute Gasteiger partial charge is 0.415 e. The van der Waals surface area contributed by atoms with Gasteiger partial charge in [0.25, 0.3) is 0 Å². The van der Waals surface area contributed by atoms with E-state index in [-0.39, 0.29) is 6.42 Å². The molecule has 3 rings (SSSR count). The third-order valence-electron chi connectivity index (χ3n) is 4.24. The molecule has 0 saturated carbocycles. The van der Waals surface area contributed by atoms with Gasteiger partial charge in [0.2, 0.25) is 0 Å². The lowest BCUT2D eigenvalue weighted by atomic mass is 9.86. The van der Waals surface area contributed by atoms with Crippen molar-refractivity contribution in [3.63, 3.8) is 0 Å². The first-order chi connectivity index (χ1) is 10.4. The van der Waals surface area contributed by atoms with Crippen LogP contribution in [0.2, 0.25) is 0 Å². The van der Waals surface area contributed by atoms with Crippen LogP contribution in [0.15, 0.2) is 59.1 Å². The summed E-state index contributed by atoms with van der Waals surface area (Å²) < 4.78 is 43.1. The van der Waals surface area contributed by atoms with E-state index in [0.717, 1.165) is 4.47 Å². The first-order valence-electron chi connectivity index (χ1n) is 7.10. The molecule has 0 radical (unpaired) electrons. The van der Waals surface area contributed by atoms with Crippen molar-refractivity contribution in [3.05, 3.63) is 64.6 Å². The molecule has 1 unspecified atom stereocenters. The van der Waals surface area contributed by atoms with Gasteiger partial charge in [0.15, 0.2) is 5.54 Å². The second-order valence-electron chi connectivity index (χ2n) is 5.46. The Morgan fingerprint density at radius 3 is 2.18 bits per heavy atom. The van der Waals surface area contributed by atoms with E-state index in [9.17, 15) is 13.2 Å².